The van der Waals surface area contributed by atoms with Gasteiger partial charge in [0.15, 0.2) is 6.10 Å². The number of morpholine rings is 1. The van der Waals surface area contributed by atoms with E-state index in [9.17, 15) is 13.2 Å². The van der Waals surface area contributed by atoms with Crippen LogP contribution < -0.4 is 0 Å². The van der Waals surface area contributed by atoms with Crippen molar-refractivity contribution >= 4 is 16.0 Å². The minimum Gasteiger partial charge on any atom is -0.477 e. The van der Waals surface area contributed by atoms with Crippen molar-refractivity contribution in [3.05, 3.63) is 18.0 Å². The Balaban J connectivity index is 2.36. The van der Waals surface area contributed by atoms with Crippen LogP contribution in [0.15, 0.2) is 17.2 Å². The summed E-state index contributed by atoms with van der Waals surface area (Å²) in [6.45, 7) is 2.29. The van der Waals surface area contributed by atoms with Crippen molar-refractivity contribution in [1.82, 2.24) is 8.87 Å². The van der Waals surface area contributed by atoms with Crippen LogP contribution in [-0.2, 0) is 21.3 Å². The number of hydrogen-bond acceptors (Lipinski definition) is 5. The maximum atomic E-state index is 12.5. The summed E-state index contributed by atoms with van der Waals surface area (Å²) in [5.74, 6) is -1.19. The molecular formula is C12H15N3O5S. The van der Waals surface area contributed by atoms with Gasteiger partial charge in [0.25, 0.3) is 0 Å². The Morgan fingerprint density at radius 3 is 2.86 bits per heavy atom. The van der Waals surface area contributed by atoms with Crippen LogP contribution in [0.4, 0.5) is 0 Å². The molecule has 0 saturated carbocycles. The van der Waals surface area contributed by atoms with Crippen molar-refractivity contribution in [2.45, 2.75) is 24.5 Å². The minimum atomic E-state index is -3.83. The summed E-state index contributed by atoms with van der Waals surface area (Å²) in [4.78, 5) is 11.0. The number of nitriles is 1. The van der Waals surface area contributed by atoms with E-state index < -0.39 is 22.1 Å². The molecule has 21 heavy (non-hydrogen) atoms. The van der Waals surface area contributed by atoms with Gasteiger partial charge in [-0.3, -0.25) is 0 Å². The van der Waals surface area contributed by atoms with Crippen LogP contribution in [0.5, 0.6) is 0 Å². The summed E-state index contributed by atoms with van der Waals surface area (Å²) < 4.78 is 32.6. The van der Waals surface area contributed by atoms with E-state index in [0.717, 1.165) is 10.4 Å². The second-order valence-corrected chi connectivity index (χ2v) is 6.44. The molecule has 0 bridgehead atoms. The highest BCUT2D eigenvalue weighted by Crippen LogP contribution is 2.21. The van der Waals surface area contributed by atoms with E-state index in [0.29, 0.717) is 6.54 Å². The molecule has 0 amide bonds. The van der Waals surface area contributed by atoms with E-state index in [2.05, 4.69) is 0 Å². The van der Waals surface area contributed by atoms with E-state index in [1.54, 1.807) is 6.92 Å². The normalized spacial score (nSPS) is 20.1. The number of rotatable bonds is 4. The summed E-state index contributed by atoms with van der Waals surface area (Å²) >= 11 is 0. The van der Waals surface area contributed by atoms with Crippen molar-refractivity contribution in [2.75, 3.05) is 19.7 Å². The van der Waals surface area contributed by atoms with Gasteiger partial charge in [-0.2, -0.15) is 9.57 Å². The lowest BCUT2D eigenvalue weighted by Crippen LogP contribution is -2.44. The largest absolute Gasteiger partial charge is 0.477 e. The van der Waals surface area contributed by atoms with E-state index in [-0.39, 0.29) is 30.3 Å². The number of sulfonamides is 1. The van der Waals surface area contributed by atoms with Crippen LogP contribution in [0.25, 0.3) is 0 Å². The molecule has 1 aromatic rings. The zero-order valence-corrected chi connectivity index (χ0v) is 12.2. The molecule has 1 atom stereocenters. The molecule has 9 heteroatoms. The number of carboxylic acid groups (broad SMARTS) is 1. The summed E-state index contributed by atoms with van der Waals surface area (Å²) in [5.41, 5.74) is -0.0823. The van der Waals surface area contributed by atoms with Crippen LogP contribution in [0.2, 0.25) is 0 Å². The van der Waals surface area contributed by atoms with Crippen LogP contribution in [0.3, 0.4) is 0 Å². The Hall–Kier alpha value is -1.89. The van der Waals surface area contributed by atoms with E-state index in [1.807, 2.05) is 6.07 Å². The van der Waals surface area contributed by atoms with Gasteiger partial charge in [0, 0.05) is 19.3 Å². The predicted octanol–water partition coefficient (Wildman–Crippen LogP) is 0.119. The lowest BCUT2D eigenvalue weighted by molar-refractivity contribution is 0.0311. The Labute approximate surface area is 122 Å². The first-order valence-electron chi connectivity index (χ1n) is 6.35. The van der Waals surface area contributed by atoms with Gasteiger partial charge in [-0.1, -0.05) is 0 Å². The highest BCUT2D eigenvalue weighted by atomic mass is 32.2. The van der Waals surface area contributed by atoms with Gasteiger partial charge in [-0.25, -0.2) is 13.2 Å². The second kappa shape index (κ2) is 5.85. The number of aryl methyl sites for hydroxylation is 1. The molecule has 114 valence electrons. The molecular weight excluding hydrogens is 298 g/mol. The predicted molar refractivity (Wildman–Crippen MR) is 71.2 cm³/mol. The van der Waals surface area contributed by atoms with Crippen molar-refractivity contribution in [3.63, 3.8) is 0 Å². The highest BCUT2D eigenvalue weighted by Gasteiger charge is 2.32. The molecule has 1 N–H and O–H groups in total. The number of nitrogens with zero attached hydrogens (tertiary/aromatic N) is 3. The molecule has 8 nitrogen and oxygen atoms in total. The standard InChI is InChI=1S/C12H15N3O5S/c1-2-14-8-10(5-11(14)12(16)17)21(18,19)15-3-4-20-9(6-13)7-15/h5,8-9H,2-4,7H2,1H3,(H,16,17). The molecule has 0 aromatic carbocycles. The molecule has 1 aliphatic rings. The Morgan fingerprint density at radius 1 is 1.62 bits per heavy atom. The minimum absolute atomic E-state index is 0.0570. The number of carbonyl (C=O) groups is 1. The van der Waals surface area contributed by atoms with Gasteiger partial charge in [-0.05, 0) is 13.0 Å². The van der Waals surface area contributed by atoms with Crippen LogP contribution in [0, 0.1) is 11.3 Å². The second-order valence-electron chi connectivity index (χ2n) is 4.50. The molecule has 1 aliphatic heterocycles. The Bertz CT molecular complexity index is 688. The molecule has 1 aromatic heterocycles. The third-order valence-corrected chi connectivity index (χ3v) is 5.07. The van der Waals surface area contributed by atoms with Gasteiger partial charge in [-0.15, -0.1) is 0 Å². The molecule has 0 radical (unpaired) electrons. The number of carboxylic acids is 1. The smallest absolute Gasteiger partial charge is 0.352 e. The lowest BCUT2D eigenvalue weighted by atomic mass is 10.3. The topological polar surface area (TPSA) is 113 Å². The summed E-state index contributed by atoms with van der Waals surface area (Å²) in [6.07, 6.45) is 0.496. The van der Waals surface area contributed by atoms with Gasteiger partial charge < -0.3 is 14.4 Å². The van der Waals surface area contributed by atoms with Gasteiger partial charge >= 0.3 is 5.97 Å². The molecule has 0 aliphatic carbocycles. The summed E-state index contributed by atoms with van der Waals surface area (Å²) in [6, 6.07) is 3.01. The highest BCUT2D eigenvalue weighted by molar-refractivity contribution is 7.89. The zero-order chi connectivity index (χ0) is 15.6. The first-order valence-corrected chi connectivity index (χ1v) is 7.79. The van der Waals surface area contributed by atoms with Crippen LogP contribution >= 0.6 is 0 Å². The first kappa shape index (κ1) is 15.5. The SMILES string of the molecule is CCn1cc(S(=O)(=O)N2CCOC(C#N)C2)cc1C(=O)O. The number of aromatic nitrogens is 1. The molecule has 2 heterocycles. The van der Waals surface area contributed by atoms with Crippen molar-refractivity contribution < 1.29 is 23.1 Å². The molecule has 1 saturated heterocycles. The van der Waals surface area contributed by atoms with E-state index in [4.69, 9.17) is 15.1 Å². The monoisotopic (exact) mass is 313 g/mol. The van der Waals surface area contributed by atoms with Gasteiger partial charge in [0.2, 0.25) is 10.0 Å². The molecule has 2 rings (SSSR count). The average Bonchev–Trinajstić information content (AvgIpc) is 2.92. The lowest BCUT2D eigenvalue weighted by Gasteiger charge is -2.28. The molecule has 1 fully saturated rings. The Morgan fingerprint density at radius 2 is 2.33 bits per heavy atom. The van der Waals surface area contributed by atoms with Gasteiger partial charge in [0.1, 0.15) is 10.6 Å². The maximum Gasteiger partial charge on any atom is 0.352 e. The van der Waals surface area contributed by atoms with Crippen LogP contribution in [0.1, 0.15) is 17.4 Å². The van der Waals surface area contributed by atoms with Crippen molar-refractivity contribution in [1.29, 1.82) is 5.26 Å². The maximum absolute atomic E-state index is 12.5. The van der Waals surface area contributed by atoms with E-state index in [1.165, 1.54) is 10.8 Å². The summed E-state index contributed by atoms with van der Waals surface area (Å²) in [7, 11) is -3.83. The quantitative estimate of drug-likeness (QED) is 0.844. The van der Waals surface area contributed by atoms with Gasteiger partial charge in [0.05, 0.1) is 19.2 Å². The van der Waals surface area contributed by atoms with Crippen molar-refractivity contribution in [3.8, 4) is 6.07 Å². The van der Waals surface area contributed by atoms with Crippen LogP contribution in [-0.4, -0.2) is 54.2 Å². The fourth-order valence-electron chi connectivity index (χ4n) is 2.14. The van der Waals surface area contributed by atoms with Crippen molar-refractivity contribution in [2.24, 2.45) is 0 Å². The average molecular weight is 313 g/mol. The van der Waals surface area contributed by atoms with E-state index >= 15 is 0 Å². The third kappa shape index (κ3) is 2.92. The summed E-state index contributed by atoms with van der Waals surface area (Å²) in [5, 5.41) is 17.9. The zero-order valence-electron chi connectivity index (χ0n) is 11.4. The fraction of sp³-hybridized carbons (Fsp3) is 0.500. The number of aromatic carboxylic acids is 1. The molecule has 1 unspecified atom stereocenters. The Kier molecular flexibility index (Phi) is 4.32. The molecule has 0 spiro atoms. The number of hydrogen-bond donors (Lipinski definition) is 1. The first-order chi connectivity index (χ1) is 9.90. The number of ether oxygens (including phenoxy) is 1. The third-order valence-electron chi connectivity index (χ3n) is 3.24. The fourth-order valence-corrected chi connectivity index (χ4v) is 3.60.